The van der Waals surface area contributed by atoms with Crippen molar-refractivity contribution in [1.82, 2.24) is 4.98 Å². The predicted octanol–water partition coefficient (Wildman–Crippen LogP) is 8.94. The minimum absolute atomic E-state index is 0.948. The van der Waals surface area contributed by atoms with Crippen molar-refractivity contribution in [2.45, 2.75) is 12.8 Å². The molecule has 2 heterocycles. The number of aromatic nitrogens is 1. The Morgan fingerprint density at radius 3 is 1.84 bits per heavy atom. The van der Waals surface area contributed by atoms with Gasteiger partial charge < -0.3 is 0 Å². The summed E-state index contributed by atoms with van der Waals surface area (Å²) in [6.07, 6.45) is 6.56. The number of hydrogen-bond donors (Lipinski definition) is 1. The summed E-state index contributed by atoms with van der Waals surface area (Å²) < 4.78 is 2.64. The van der Waals surface area contributed by atoms with Gasteiger partial charge in [0.1, 0.15) is 15.9 Å². The van der Waals surface area contributed by atoms with E-state index in [0.29, 0.717) is 0 Å². The second-order valence-corrected chi connectivity index (χ2v) is 14.9. The van der Waals surface area contributed by atoms with Crippen LogP contribution in [0.4, 0.5) is 0 Å². The van der Waals surface area contributed by atoms with Crippen LogP contribution in [0.15, 0.2) is 140 Å². The second-order valence-electron chi connectivity index (χ2n) is 11.0. The first-order chi connectivity index (χ1) is 21.2. The van der Waals surface area contributed by atoms with E-state index in [1.54, 1.807) is 0 Å². The average Bonchev–Trinajstić information content (AvgIpc) is 3.49. The van der Waals surface area contributed by atoms with Gasteiger partial charge in [-0.3, -0.25) is 4.98 Å². The van der Waals surface area contributed by atoms with Gasteiger partial charge in [-0.25, -0.2) is 4.89 Å². The van der Waals surface area contributed by atoms with E-state index in [1.807, 2.05) is 72.0 Å². The number of benzene rings is 5. The normalized spacial score (nSPS) is 13.0. The van der Waals surface area contributed by atoms with Crippen LogP contribution in [0.5, 0.6) is 0 Å². The van der Waals surface area contributed by atoms with E-state index in [2.05, 4.69) is 84.9 Å². The first kappa shape index (κ1) is 26.2. The van der Waals surface area contributed by atoms with Crippen molar-refractivity contribution >= 4 is 61.0 Å². The van der Waals surface area contributed by atoms with Crippen LogP contribution < -0.4 is 15.9 Å². The topological polar surface area (TPSA) is 33.1 Å². The number of rotatable bonds is 5. The number of fused-ring (bicyclic) bond motifs is 5. The minimum Gasteiger partial charge on any atom is -0.251 e. The van der Waals surface area contributed by atoms with Crippen LogP contribution >= 0.6 is 18.8 Å². The zero-order valence-electron chi connectivity index (χ0n) is 23.5. The molecule has 0 unspecified atom stereocenters. The molecule has 8 rings (SSSR count). The minimum atomic E-state index is -2.75. The van der Waals surface area contributed by atoms with Crippen molar-refractivity contribution in [3.05, 3.63) is 151 Å². The van der Waals surface area contributed by atoms with Crippen LogP contribution in [0.1, 0.15) is 17.7 Å². The summed E-state index contributed by atoms with van der Waals surface area (Å²) in [5.74, 6) is 0. The maximum atomic E-state index is 12.3. The Balaban J connectivity index is 1.18. The molecule has 0 fully saturated rings. The molecule has 7 aromatic rings. The van der Waals surface area contributed by atoms with E-state index in [4.69, 9.17) is 4.98 Å². The fourth-order valence-electron chi connectivity index (χ4n) is 6.27. The molecule has 0 spiro atoms. The molecule has 0 bridgehead atoms. The molecule has 0 aliphatic heterocycles. The molecule has 0 saturated heterocycles. The lowest BCUT2D eigenvalue weighted by Gasteiger charge is -2.20. The lowest BCUT2D eigenvalue weighted by molar-refractivity contribution is 0.633. The fraction of sp³-hybridized carbons (Fsp3) is 0.0513. The summed E-state index contributed by atoms with van der Waals surface area (Å²) in [7, 11) is -2.75. The Bertz CT molecular complexity index is 2080. The Morgan fingerprint density at radius 2 is 1.16 bits per heavy atom. The van der Waals surface area contributed by atoms with Crippen molar-refractivity contribution in [1.29, 1.82) is 0 Å². The highest BCUT2D eigenvalue weighted by molar-refractivity contribution is 7.91. The van der Waals surface area contributed by atoms with Crippen LogP contribution in [-0.4, -0.2) is 9.88 Å². The number of pyridine rings is 1. The predicted molar refractivity (Wildman–Crippen MR) is 186 cm³/mol. The molecule has 43 heavy (non-hydrogen) atoms. The summed E-state index contributed by atoms with van der Waals surface area (Å²) >= 11 is 1.88. The van der Waals surface area contributed by atoms with Crippen molar-refractivity contribution in [2.24, 2.45) is 0 Å². The third-order valence-corrected chi connectivity index (χ3v) is 12.8. The molecular formula is C39H29NOPS+. The highest BCUT2D eigenvalue weighted by atomic mass is 32.1. The first-order valence-corrected chi connectivity index (χ1v) is 17.2. The fourth-order valence-corrected chi connectivity index (χ4v) is 10.2. The third-order valence-electron chi connectivity index (χ3n) is 8.46. The average molecular weight is 591 g/mol. The number of aryl methyl sites for hydroxylation is 1. The maximum Gasteiger partial charge on any atom is 0.238 e. The van der Waals surface area contributed by atoms with E-state index < -0.39 is 7.49 Å². The van der Waals surface area contributed by atoms with Crippen molar-refractivity contribution in [3.8, 4) is 22.4 Å². The van der Waals surface area contributed by atoms with Gasteiger partial charge in [0.15, 0.2) is 0 Å². The Morgan fingerprint density at radius 1 is 0.605 bits per heavy atom. The van der Waals surface area contributed by atoms with Gasteiger partial charge in [0.25, 0.3) is 0 Å². The number of nitrogens with zero attached hydrogens (tertiary/aromatic N) is 1. The van der Waals surface area contributed by atoms with Gasteiger partial charge >= 0.3 is 0 Å². The second kappa shape index (κ2) is 10.7. The van der Waals surface area contributed by atoms with Crippen molar-refractivity contribution < 1.29 is 4.89 Å². The Hall–Kier alpha value is -4.40. The zero-order valence-corrected chi connectivity index (χ0v) is 25.2. The van der Waals surface area contributed by atoms with Gasteiger partial charge in [0.05, 0.1) is 11.4 Å². The van der Waals surface area contributed by atoms with Crippen LogP contribution in [0.2, 0.25) is 0 Å². The molecule has 0 radical (unpaired) electrons. The molecule has 0 atom stereocenters. The van der Waals surface area contributed by atoms with Crippen LogP contribution in [0.25, 0.3) is 48.6 Å². The molecular weight excluding hydrogens is 561 g/mol. The van der Waals surface area contributed by atoms with Crippen LogP contribution in [-0.2, 0) is 6.42 Å². The monoisotopic (exact) mass is 590 g/mol. The highest BCUT2D eigenvalue weighted by Crippen LogP contribution is 2.51. The summed E-state index contributed by atoms with van der Waals surface area (Å²) in [4.78, 5) is 17.5. The van der Waals surface area contributed by atoms with Crippen molar-refractivity contribution in [3.63, 3.8) is 0 Å². The van der Waals surface area contributed by atoms with E-state index in [0.717, 1.165) is 51.1 Å². The standard InChI is InChI=1S/C39H29NOPS/c41-42(30-11-3-1-4-12-30,31-13-5-2-6-14-31)32-25-23-28(24-26-32)27-19-21-29(22-20-27)38-37-34-16-8-10-18-36(34)43-39(37)33-15-7-9-17-35(33)40-38/h1-8,10-16,18-26,41H,9,17H2/q+1. The van der Waals surface area contributed by atoms with E-state index in [-0.39, 0.29) is 0 Å². The lowest BCUT2D eigenvalue weighted by Crippen LogP contribution is -2.30. The third kappa shape index (κ3) is 4.44. The number of hydrogen-bond acceptors (Lipinski definition) is 3. The van der Waals surface area contributed by atoms with E-state index >= 15 is 0 Å². The molecule has 4 heteroatoms. The quantitative estimate of drug-likeness (QED) is 0.203. The number of thiophene rings is 1. The van der Waals surface area contributed by atoms with Gasteiger partial charge in [-0.1, -0.05) is 103 Å². The SMILES string of the molecule is O[P+](c1ccccc1)(c1ccccc1)c1ccc(-c2ccc(-c3nc4c(c5sc6ccccc6c35)C=CCC4)cc2)cc1. The van der Waals surface area contributed by atoms with Gasteiger partial charge in [-0.2, -0.15) is 0 Å². The highest BCUT2D eigenvalue weighted by Gasteiger charge is 2.44. The largest absolute Gasteiger partial charge is 0.251 e. The van der Waals surface area contributed by atoms with Crippen LogP contribution in [0.3, 0.4) is 0 Å². The van der Waals surface area contributed by atoms with Gasteiger partial charge in [0.2, 0.25) is 7.49 Å². The molecule has 1 aliphatic rings. The van der Waals surface area contributed by atoms with Gasteiger partial charge in [0, 0.05) is 31.3 Å². The van der Waals surface area contributed by atoms with Crippen molar-refractivity contribution in [2.75, 3.05) is 0 Å². The van der Waals surface area contributed by atoms with Gasteiger partial charge in [-0.15, -0.1) is 11.3 Å². The molecule has 0 saturated carbocycles. The first-order valence-electron chi connectivity index (χ1n) is 14.7. The Kier molecular flexibility index (Phi) is 6.53. The summed E-state index contributed by atoms with van der Waals surface area (Å²) in [6, 6.07) is 46.1. The molecule has 206 valence electrons. The Labute approximate surface area is 256 Å². The molecule has 5 aromatic carbocycles. The lowest BCUT2D eigenvalue weighted by atomic mass is 9.96. The number of allylic oxidation sites excluding steroid dienone is 1. The molecule has 0 amide bonds. The molecule has 1 aliphatic carbocycles. The van der Waals surface area contributed by atoms with Gasteiger partial charge in [-0.05, 0) is 66.4 Å². The van der Waals surface area contributed by atoms with Crippen LogP contribution in [0, 0.1) is 0 Å². The zero-order chi connectivity index (χ0) is 28.8. The smallest absolute Gasteiger partial charge is 0.238 e. The molecule has 1 N–H and O–H groups in total. The molecule has 2 aromatic heterocycles. The maximum absolute atomic E-state index is 12.3. The molecule has 2 nitrogen and oxygen atoms in total. The van der Waals surface area contributed by atoms with E-state index in [9.17, 15) is 4.89 Å². The summed E-state index contributed by atoms with van der Waals surface area (Å²) in [5.41, 5.74) is 6.96. The van der Waals surface area contributed by atoms with E-state index in [1.165, 1.54) is 31.4 Å². The summed E-state index contributed by atoms with van der Waals surface area (Å²) in [5, 5.41) is 5.40. The summed E-state index contributed by atoms with van der Waals surface area (Å²) in [6.45, 7) is 0.